The average Bonchev–Trinajstić information content (AvgIpc) is 2.79. The van der Waals surface area contributed by atoms with Crippen molar-refractivity contribution in [2.75, 3.05) is 13.1 Å². The van der Waals surface area contributed by atoms with E-state index in [0.29, 0.717) is 13.1 Å². The molecule has 0 aliphatic rings. The van der Waals surface area contributed by atoms with Crippen LogP contribution in [0.2, 0.25) is 0 Å². The highest BCUT2D eigenvalue weighted by Gasteiger charge is 2.34. The smallest absolute Gasteiger partial charge is 0.408 e. The van der Waals surface area contributed by atoms with Crippen molar-refractivity contribution in [3.05, 3.63) is 35.4 Å². The van der Waals surface area contributed by atoms with Gasteiger partial charge in [0.1, 0.15) is 17.7 Å². The number of rotatable bonds is 14. The summed E-state index contributed by atoms with van der Waals surface area (Å²) >= 11 is 0. The monoisotopic (exact) mass is 489 g/mol. The number of hydrogen-bond acceptors (Lipinski definition) is 4. The molecule has 35 heavy (non-hydrogen) atoms. The van der Waals surface area contributed by atoms with Crippen LogP contribution in [0.1, 0.15) is 104 Å². The van der Waals surface area contributed by atoms with E-state index in [-0.39, 0.29) is 11.8 Å². The molecule has 1 aromatic rings. The van der Waals surface area contributed by atoms with E-state index in [0.717, 1.165) is 50.5 Å². The normalized spacial score (nSPS) is 13.0. The van der Waals surface area contributed by atoms with E-state index in [1.807, 2.05) is 24.3 Å². The van der Waals surface area contributed by atoms with Crippen molar-refractivity contribution < 1.29 is 19.1 Å². The van der Waals surface area contributed by atoms with Crippen molar-refractivity contribution in [3.8, 4) is 0 Å². The lowest BCUT2D eigenvalue weighted by molar-refractivity contribution is -0.142. The zero-order valence-corrected chi connectivity index (χ0v) is 22.9. The van der Waals surface area contributed by atoms with Gasteiger partial charge < -0.3 is 20.3 Å². The first-order chi connectivity index (χ1) is 16.5. The number of ether oxygens (including phenoxy) is 1. The molecule has 2 atom stereocenters. The van der Waals surface area contributed by atoms with Crippen molar-refractivity contribution in [1.29, 1.82) is 0 Å². The minimum Gasteiger partial charge on any atom is -0.444 e. The van der Waals surface area contributed by atoms with Gasteiger partial charge in [0.15, 0.2) is 0 Å². The maximum absolute atomic E-state index is 13.6. The van der Waals surface area contributed by atoms with E-state index in [1.165, 1.54) is 5.56 Å². The van der Waals surface area contributed by atoms with Gasteiger partial charge in [-0.3, -0.25) is 9.59 Å². The summed E-state index contributed by atoms with van der Waals surface area (Å²) in [7, 11) is 0. The van der Waals surface area contributed by atoms with Gasteiger partial charge in [-0.1, -0.05) is 70.7 Å². The minimum atomic E-state index is -0.836. The molecule has 198 valence electrons. The lowest BCUT2D eigenvalue weighted by Crippen LogP contribution is -2.52. The Kier molecular flexibility index (Phi) is 13.4. The molecule has 0 bridgehead atoms. The zero-order chi connectivity index (χ0) is 26.4. The van der Waals surface area contributed by atoms with Gasteiger partial charge >= 0.3 is 6.09 Å². The Morgan fingerprint density at radius 3 is 2.09 bits per heavy atom. The number of alkyl carbamates (subject to hydrolysis) is 1. The number of amides is 3. The molecule has 0 aliphatic carbocycles. The number of carbonyl (C=O) groups excluding carboxylic acids is 3. The summed E-state index contributed by atoms with van der Waals surface area (Å²) in [5.41, 5.74) is 1.26. The summed E-state index contributed by atoms with van der Waals surface area (Å²) in [6, 6.07) is 6.27. The number of nitrogens with one attached hydrogen (secondary N) is 2. The SMILES string of the molecule is CCCCCNC(=O)C(c1ccc(CC)cc1)N(CCCCC)C(=O)C(C)NC(=O)OC(C)(C)C. The van der Waals surface area contributed by atoms with Gasteiger partial charge in [-0.25, -0.2) is 4.79 Å². The van der Waals surface area contributed by atoms with Gasteiger partial charge in [-0.15, -0.1) is 0 Å². The third-order valence-corrected chi connectivity index (χ3v) is 5.73. The lowest BCUT2D eigenvalue weighted by atomic mass is 10.00. The maximum atomic E-state index is 13.6. The zero-order valence-electron chi connectivity index (χ0n) is 22.9. The van der Waals surface area contributed by atoms with Gasteiger partial charge in [-0.05, 0) is 58.1 Å². The van der Waals surface area contributed by atoms with Crippen LogP contribution in [0, 0.1) is 0 Å². The highest BCUT2D eigenvalue weighted by Crippen LogP contribution is 2.24. The first-order valence-corrected chi connectivity index (χ1v) is 13.2. The van der Waals surface area contributed by atoms with Crippen LogP contribution in [0.3, 0.4) is 0 Å². The molecular weight excluding hydrogens is 442 g/mol. The topological polar surface area (TPSA) is 87.7 Å². The van der Waals surface area contributed by atoms with E-state index in [2.05, 4.69) is 31.4 Å². The molecule has 0 aliphatic heterocycles. The molecule has 3 amide bonds. The quantitative estimate of drug-likeness (QED) is 0.336. The Hall–Kier alpha value is -2.57. The van der Waals surface area contributed by atoms with E-state index in [9.17, 15) is 14.4 Å². The van der Waals surface area contributed by atoms with Crippen molar-refractivity contribution >= 4 is 17.9 Å². The van der Waals surface area contributed by atoms with E-state index in [4.69, 9.17) is 4.74 Å². The van der Waals surface area contributed by atoms with E-state index in [1.54, 1.807) is 32.6 Å². The Morgan fingerprint density at radius 2 is 1.54 bits per heavy atom. The Bertz CT molecular complexity index is 786. The molecular formula is C28H47N3O4. The number of carbonyl (C=O) groups is 3. The number of unbranched alkanes of at least 4 members (excludes halogenated alkanes) is 4. The molecule has 0 saturated heterocycles. The fourth-order valence-electron chi connectivity index (χ4n) is 3.79. The van der Waals surface area contributed by atoms with Crippen molar-refractivity contribution in [1.82, 2.24) is 15.5 Å². The molecule has 0 saturated carbocycles. The molecule has 7 nitrogen and oxygen atoms in total. The Labute approximate surface area is 212 Å². The van der Waals surface area contributed by atoms with Gasteiger partial charge in [-0.2, -0.15) is 0 Å². The van der Waals surface area contributed by atoms with Gasteiger partial charge in [0, 0.05) is 13.1 Å². The van der Waals surface area contributed by atoms with Crippen LogP contribution in [0.15, 0.2) is 24.3 Å². The lowest BCUT2D eigenvalue weighted by Gasteiger charge is -2.34. The maximum Gasteiger partial charge on any atom is 0.408 e. The largest absolute Gasteiger partial charge is 0.444 e. The van der Waals surface area contributed by atoms with Crippen molar-refractivity contribution in [2.24, 2.45) is 0 Å². The molecule has 0 spiro atoms. The first kappa shape index (κ1) is 30.5. The van der Waals surface area contributed by atoms with Crippen LogP contribution in [0.5, 0.6) is 0 Å². The summed E-state index contributed by atoms with van der Waals surface area (Å²) in [5, 5.41) is 5.68. The van der Waals surface area contributed by atoms with Crippen LogP contribution >= 0.6 is 0 Å². The fourth-order valence-corrected chi connectivity index (χ4v) is 3.79. The van der Waals surface area contributed by atoms with E-state index < -0.39 is 23.8 Å². The minimum absolute atomic E-state index is 0.195. The number of nitrogens with zero attached hydrogens (tertiary/aromatic N) is 1. The predicted molar refractivity (Wildman–Crippen MR) is 141 cm³/mol. The summed E-state index contributed by atoms with van der Waals surface area (Å²) in [6.45, 7) is 14.2. The molecule has 1 rings (SSSR count). The summed E-state index contributed by atoms with van der Waals surface area (Å²) in [6.07, 6.45) is 5.94. The number of hydrogen-bond donors (Lipinski definition) is 2. The van der Waals surface area contributed by atoms with Crippen LogP contribution in [-0.2, 0) is 20.7 Å². The van der Waals surface area contributed by atoms with Crippen LogP contribution < -0.4 is 10.6 Å². The molecule has 0 aromatic heterocycles. The van der Waals surface area contributed by atoms with Crippen LogP contribution in [0.4, 0.5) is 4.79 Å². The van der Waals surface area contributed by atoms with E-state index >= 15 is 0 Å². The second-order valence-corrected chi connectivity index (χ2v) is 10.1. The van der Waals surface area contributed by atoms with Gasteiger partial charge in [0.25, 0.3) is 0 Å². The van der Waals surface area contributed by atoms with Crippen LogP contribution in [0.25, 0.3) is 0 Å². The molecule has 2 unspecified atom stereocenters. The number of benzene rings is 1. The fraction of sp³-hybridized carbons (Fsp3) is 0.679. The highest BCUT2D eigenvalue weighted by molar-refractivity contribution is 5.92. The van der Waals surface area contributed by atoms with Crippen molar-refractivity contribution in [3.63, 3.8) is 0 Å². The molecule has 0 heterocycles. The molecule has 7 heteroatoms. The number of aryl methyl sites for hydroxylation is 1. The second-order valence-electron chi connectivity index (χ2n) is 10.1. The Morgan fingerprint density at radius 1 is 0.943 bits per heavy atom. The first-order valence-electron chi connectivity index (χ1n) is 13.2. The standard InChI is InChI=1S/C28H47N3O4/c1-8-11-13-19-29-25(32)24(23-17-15-22(10-3)16-18-23)31(20-14-12-9-2)26(33)21(4)30-27(34)35-28(5,6)7/h15-18,21,24H,8-14,19-20H2,1-7H3,(H,29,32)(H,30,34). The molecule has 2 N–H and O–H groups in total. The Balaban J connectivity index is 3.24. The third kappa shape index (κ3) is 11.1. The molecule has 0 radical (unpaired) electrons. The summed E-state index contributed by atoms with van der Waals surface area (Å²) < 4.78 is 5.33. The van der Waals surface area contributed by atoms with Crippen LogP contribution in [-0.4, -0.2) is 47.5 Å². The molecule has 0 fully saturated rings. The summed E-state index contributed by atoms with van der Waals surface area (Å²) in [5.74, 6) is -0.500. The molecule has 1 aromatic carbocycles. The summed E-state index contributed by atoms with van der Waals surface area (Å²) in [4.78, 5) is 41.0. The van der Waals surface area contributed by atoms with Gasteiger partial charge in [0.2, 0.25) is 11.8 Å². The second kappa shape index (κ2) is 15.4. The van der Waals surface area contributed by atoms with Crippen molar-refractivity contribution in [2.45, 2.75) is 111 Å². The third-order valence-electron chi connectivity index (χ3n) is 5.73. The van der Waals surface area contributed by atoms with Gasteiger partial charge in [0.05, 0.1) is 0 Å². The predicted octanol–water partition coefficient (Wildman–Crippen LogP) is 5.53. The average molecular weight is 490 g/mol. The highest BCUT2D eigenvalue weighted by atomic mass is 16.6.